The lowest BCUT2D eigenvalue weighted by atomic mass is 9.93. The van der Waals surface area contributed by atoms with Gasteiger partial charge in [-0.3, -0.25) is 10.1 Å². The number of nitro groups is 1. The Morgan fingerprint density at radius 3 is 2.60 bits per heavy atom. The largest absolute Gasteiger partial charge is 0.395 e. The van der Waals surface area contributed by atoms with E-state index < -0.39 is 0 Å². The number of nitro benzene ring substituents is 1. The van der Waals surface area contributed by atoms with Crippen molar-refractivity contribution < 1.29 is 10.0 Å². The highest BCUT2D eigenvalue weighted by molar-refractivity contribution is 5.56. The van der Waals surface area contributed by atoms with E-state index in [0.717, 1.165) is 18.5 Å². The van der Waals surface area contributed by atoms with E-state index in [1.807, 2.05) is 6.07 Å². The summed E-state index contributed by atoms with van der Waals surface area (Å²) in [7, 11) is 0. The molecule has 1 aromatic carbocycles. The zero-order valence-corrected chi connectivity index (χ0v) is 11.9. The van der Waals surface area contributed by atoms with Gasteiger partial charge in [0.25, 0.3) is 5.69 Å². The number of aryl methyl sites for hydroxylation is 1. The number of rotatable bonds is 5. The van der Waals surface area contributed by atoms with Crippen LogP contribution in [-0.4, -0.2) is 29.2 Å². The molecule has 0 aliphatic heterocycles. The first kappa shape index (κ1) is 14.8. The van der Waals surface area contributed by atoms with Crippen LogP contribution in [0.2, 0.25) is 0 Å². The number of hydrogen-bond acceptors (Lipinski definition) is 4. The summed E-state index contributed by atoms with van der Waals surface area (Å²) < 4.78 is 0. The fourth-order valence-corrected chi connectivity index (χ4v) is 3.05. The molecular weight excluding hydrogens is 256 g/mol. The van der Waals surface area contributed by atoms with Crippen LogP contribution in [0.1, 0.15) is 37.7 Å². The average Bonchev–Trinajstić information content (AvgIpc) is 2.45. The normalized spacial score (nSPS) is 16.1. The quantitative estimate of drug-likeness (QED) is 0.664. The third-order valence-electron chi connectivity index (χ3n) is 4.07. The molecule has 1 fully saturated rings. The van der Waals surface area contributed by atoms with Crippen LogP contribution in [0.15, 0.2) is 18.2 Å². The fraction of sp³-hybridized carbons (Fsp3) is 0.600. The van der Waals surface area contributed by atoms with Gasteiger partial charge in [0.2, 0.25) is 0 Å². The maximum Gasteiger partial charge on any atom is 0.272 e. The SMILES string of the molecule is Cc1cc(N(CCO)C2CCCCC2)ccc1[N+](=O)[O-]. The van der Waals surface area contributed by atoms with Gasteiger partial charge in [0.15, 0.2) is 0 Å². The van der Waals surface area contributed by atoms with E-state index in [4.69, 9.17) is 0 Å². The summed E-state index contributed by atoms with van der Waals surface area (Å²) in [5.41, 5.74) is 1.81. The topological polar surface area (TPSA) is 66.6 Å². The van der Waals surface area contributed by atoms with Crippen molar-refractivity contribution in [2.24, 2.45) is 0 Å². The number of anilines is 1. The minimum Gasteiger partial charge on any atom is -0.395 e. The first-order valence-corrected chi connectivity index (χ1v) is 7.26. The van der Waals surface area contributed by atoms with E-state index in [1.165, 1.54) is 19.3 Å². The molecule has 0 atom stereocenters. The summed E-state index contributed by atoms with van der Waals surface area (Å²) in [6.07, 6.45) is 5.99. The van der Waals surface area contributed by atoms with E-state index >= 15 is 0 Å². The van der Waals surface area contributed by atoms with Gasteiger partial charge in [-0.1, -0.05) is 19.3 Å². The number of benzene rings is 1. The Hall–Kier alpha value is -1.62. The van der Waals surface area contributed by atoms with E-state index in [9.17, 15) is 15.2 Å². The molecule has 0 unspecified atom stereocenters. The number of nitrogens with zero attached hydrogens (tertiary/aromatic N) is 2. The summed E-state index contributed by atoms with van der Waals surface area (Å²) in [6, 6.07) is 5.67. The van der Waals surface area contributed by atoms with Crippen molar-refractivity contribution in [1.29, 1.82) is 0 Å². The lowest BCUT2D eigenvalue weighted by Crippen LogP contribution is -2.38. The summed E-state index contributed by atoms with van der Waals surface area (Å²) in [6.45, 7) is 2.45. The highest BCUT2D eigenvalue weighted by Crippen LogP contribution is 2.30. The second kappa shape index (κ2) is 6.70. The smallest absolute Gasteiger partial charge is 0.272 e. The van der Waals surface area contributed by atoms with Crippen LogP contribution in [0.5, 0.6) is 0 Å². The maximum atomic E-state index is 10.9. The zero-order valence-electron chi connectivity index (χ0n) is 11.9. The second-order valence-corrected chi connectivity index (χ2v) is 5.44. The van der Waals surface area contributed by atoms with Crippen LogP contribution in [0.4, 0.5) is 11.4 Å². The van der Waals surface area contributed by atoms with Crippen molar-refractivity contribution in [2.75, 3.05) is 18.1 Å². The number of hydrogen-bond donors (Lipinski definition) is 1. The molecule has 20 heavy (non-hydrogen) atoms. The Bertz CT molecular complexity index is 470. The van der Waals surface area contributed by atoms with E-state index in [1.54, 1.807) is 19.1 Å². The Kier molecular flexibility index (Phi) is 4.95. The summed E-state index contributed by atoms with van der Waals surface area (Å²) in [4.78, 5) is 12.7. The van der Waals surface area contributed by atoms with Crippen molar-refractivity contribution in [3.05, 3.63) is 33.9 Å². The van der Waals surface area contributed by atoms with Crippen LogP contribution in [0, 0.1) is 17.0 Å². The van der Waals surface area contributed by atoms with Crippen molar-refractivity contribution in [1.82, 2.24) is 0 Å². The minimum absolute atomic E-state index is 0.104. The van der Waals surface area contributed by atoms with Crippen molar-refractivity contribution in [3.63, 3.8) is 0 Å². The second-order valence-electron chi connectivity index (χ2n) is 5.44. The molecule has 1 aromatic rings. The van der Waals surface area contributed by atoms with Gasteiger partial charge in [-0.15, -0.1) is 0 Å². The van der Waals surface area contributed by atoms with Crippen LogP contribution in [0.25, 0.3) is 0 Å². The molecule has 1 saturated carbocycles. The van der Waals surface area contributed by atoms with E-state index in [2.05, 4.69) is 4.90 Å². The van der Waals surface area contributed by atoms with Gasteiger partial charge in [-0.05, 0) is 31.9 Å². The van der Waals surface area contributed by atoms with Gasteiger partial charge in [0, 0.05) is 29.9 Å². The molecule has 1 N–H and O–H groups in total. The Labute approximate surface area is 119 Å². The minimum atomic E-state index is -0.351. The molecule has 0 aromatic heterocycles. The predicted molar refractivity (Wildman–Crippen MR) is 79.1 cm³/mol. The van der Waals surface area contributed by atoms with Crippen LogP contribution < -0.4 is 4.90 Å². The first-order valence-electron chi connectivity index (χ1n) is 7.26. The molecular formula is C15H22N2O3. The molecule has 5 heteroatoms. The Morgan fingerprint density at radius 1 is 1.35 bits per heavy atom. The highest BCUT2D eigenvalue weighted by atomic mass is 16.6. The molecule has 0 radical (unpaired) electrons. The molecule has 1 aliphatic carbocycles. The lowest BCUT2D eigenvalue weighted by molar-refractivity contribution is -0.385. The summed E-state index contributed by atoms with van der Waals surface area (Å²) in [5, 5.41) is 20.2. The summed E-state index contributed by atoms with van der Waals surface area (Å²) >= 11 is 0. The van der Waals surface area contributed by atoms with Crippen LogP contribution >= 0.6 is 0 Å². The first-order chi connectivity index (χ1) is 9.63. The van der Waals surface area contributed by atoms with Gasteiger partial charge in [0.05, 0.1) is 11.5 Å². The monoisotopic (exact) mass is 278 g/mol. The van der Waals surface area contributed by atoms with Gasteiger partial charge < -0.3 is 10.0 Å². The molecule has 110 valence electrons. The molecule has 2 rings (SSSR count). The molecule has 0 bridgehead atoms. The van der Waals surface area contributed by atoms with Crippen molar-refractivity contribution in [2.45, 2.75) is 45.1 Å². The predicted octanol–water partition coefficient (Wildman–Crippen LogP) is 3.03. The summed E-state index contributed by atoms with van der Waals surface area (Å²) in [5.74, 6) is 0. The van der Waals surface area contributed by atoms with Crippen LogP contribution in [-0.2, 0) is 0 Å². The lowest BCUT2D eigenvalue weighted by Gasteiger charge is -2.36. The highest BCUT2D eigenvalue weighted by Gasteiger charge is 2.22. The van der Waals surface area contributed by atoms with Crippen molar-refractivity contribution in [3.8, 4) is 0 Å². The number of aliphatic hydroxyl groups excluding tert-OH is 1. The van der Waals surface area contributed by atoms with E-state index in [-0.39, 0.29) is 17.2 Å². The third kappa shape index (κ3) is 3.28. The average molecular weight is 278 g/mol. The molecule has 0 amide bonds. The molecule has 0 heterocycles. The molecule has 5 nitrogen and oxygen atoms in total. The molecule has 0 saturated heterocycles. The maximum absolute atomic E-state index is 10.9. The van der Waals surface area contributed by atoms with Gasteiger partial charge in [-0.25, -0.2) is 0 Å². The Morgan fingerprint density at radius 2 is 2.05 bits per heavy atom. The van der Waals surface area contributed by atoms with Gasteiger partial charge in [0.1, 0.15) is 0 Å². The fourth-order valence-electron chi connectivity index (χ4n) is 3.05. The van der Waals surface area contributed by atoms with E-state index in [0.29, 0.717) is 18.2 Å². The zero-order chi connectivity index (χ0) is 14.5. The standard InChI is InChI=1S/C15H22N2O3/c1-12-11-14(7-8-15(12)17(19)20)16(9-10-18)13-5-3-2-4-6-13/h7-8,11,13,18H,2-6,9-10H2,1H3. The van der Waals surface area contributed by atoms with Gasteiger partial charge >= 0.3 is 0 Å². The molecule has 0 spiro atoms. The molecule has 1 aliphatic rings. The van der Waals surface area contributed by atoms with Gasteiger partial charge in [-0.2, -0.15) is 0 Å². The number of aliphatic hydroxyl groups is 1. The van der Waals surface area contributed by atoms with Crippen LogP contribution in [0.3, 0.4) is 0 Å². The third-order valence-corrected chi connectivity index (χ3v) is 4.07. The Balaban J connectivity index is 2.24. The van der Waals surface area contributed by atoms with Crippen molar-refractivity contribution >= 4 is 11.4 Å².